The summed E-state index contributed by atoms with van der Waals surface area (Å²) in [6, 6.07) is 17.7. The summed E-state index contributed by atoms with van der Waals surface area (Å²) in [5.74, 6) is 0.175. The number of rotatable bonds is 4. The highest BCUT2D eigenvalue weighted by atomic mass is 79.9. The van der Waals surface area contributed by atoms with Crippen LogP contribution in [0, 0.1) is 6.92 Å². The van der Waals surface area contributed by atoms with Crippen molar-refractivity contribution >= 4 is 32.7 Å². The first kappa shape index (κ1) is 16.5. The molecule has 0 atom stereocenters. The van der Waals surface area contributed by atoms with E-state index in [0.717, 1.165) is 26.4 Å². The standard InChI is InChI=1S/C20H17BrO3/c1-13-10-15-11-16(21)8-9-17(15)19(18(13)20(22)23-2)24-12-14-6-4-3-5-7-14/h3-11H,12H2,1-2H3. The van der Waals surface area contributed by atoms with Gasteiger partial charge in [0.2, 0.25) is 0 Å². The van der Waals surface area contributed by atoms with E-state index in [2.05, 4.69) is 15.9 Å². The number of benzene rings is 3. The molecular weight excluding hydrogens is 368 g/mol. The Hall–Kier alpha value is -2.33. The van der Waals surface area contributed by atoms with Crippen LogP contribution in [-0.2, 0) is 11.3 Å². The molecule has 0 spiro atoms. The van der Waals surface area contributed by atoms with Gasteiger partial charge in [0.15, 0.2) is 0 Å². The fraction of sp³-hybridized carbons (Fsp3) is 0.150. The number of hydrogen-bond acceptors (Lipinski definition) is 3. The van der Waals surface area contributed by atoms with Crippen LogP contribution >= 0.6 is 15.9 Å². The summed E-state index contributed by atoms with van der Waals surface area (Å²) in [7, 11) is 1.38. The first-order chi connectivity index (χ1) is 11.6. The van der Waals surface area contributed by atoms with Crippen LogP contribution in [0.2, 0.25) is 0 Å². The second-order valence-corrected chi connectivity index (χ2v) is 6.44. The predicted octanol–water partition coefficient (Wildman–Crippen LogP) is 5.28. The first-order valence-corrected chi connectivity index (χ1v) is 8.37. The molecule has 0 saturated heterocycles. The average Bonchev–Trinajstić information content (AvgIpc) is 2.59. The molecule has 0 aliphatic rings. The minimum atomic E-state index is -0.389. The Kier molecular flexibility index (Phi) is 4.86. The van der Waals surface area contributed by atoms with Crippen molar-refractivity contribution in [2.24, 2.45) is 0 Å². The normalized spacial score (nSPS) is 10.6. The molecule has 0 radical (unpaired) electrons. The molecule has 0 bridgehead atoms. The highest BCUT2D eigenvalue weighted by Gasteiger charge is 2.20. The molecule has 0 saturated carbocycles. The average molecular weight is 385 g/mol. The zero-order valence-corrected chi connectivity index (χ0v) is 15.1. The molecule has 0 amide bonds. The Bertz CT molecular complexity index is 888. The number of hydrogen-bond donors (Lipinski definition) is 0. The third-order valence-corrected chi connectivity index (χ3v) is 4.36. The highest BCUT2D eigenvalue weighted by Crippen LogP contribution is 2.35. The van der Waals surface area contributed by atoms with Gasteiger partial charge in [-0.15, -0.1) is 0 Å². The highest BCUT2D eigenvalue weighted by molar-refractivity contribution is 9.10. The van der Waals surface area contributed by atoms with E-state index in [1.165, 1.54) is 7.11 Å². The molecule has 3 aromatic rings. The Balaban J connectivity index is 2.12. The minimum Gasteiger partial charge on any atom is -0.487 e. The molecule has 0 aliphatic heterocycles. The Labute approximate surface area is 149 Å². The van der Waals surface area contributed by atoms with Gasteiger partial charge in [0.1, 0.15) is 17.9 Å². The third kappa shape index (κ3) is 3.29. The SMILES string of the molecule is COC(=O)c1c(C)cc2cc(Br)ccc2c1OCc1ccccc1. The molecule has 0 aliphatic carbocycles. The van der Waals surface area contributed by atoms with Gasteiger partial charge >= 0.3 is 5.97 Å². The lowest BCUT2D eigenvalue weighted by Crippen LogP contribution is -2.09. The Morgan fingerprint density at radius 1 is 1.08 bits per heavy atom. The minimum absolute atomic E-state index is 0.388. The molecule has 0 unspecified atom stereocenters. The van der Waals surface area contributed by atoms with Gasteiger partial charge in [-0.2, -0.15) is 0 Å². The lowest BCUT2D eigenvalue weighted by Gasteiger charge is -2.16. The fourth-order valence-electron chi connectivity index (χ4n) is 2.71. The van der Waals surface area contributed by atoms with Crippen LogP contribution < -0.4 is 4.74 Å². The van der Waals surface area contributed by atoms with E-state index in [9.17, 15) is 4.79 Å². The van der Waals surface area contributed by atoms with E-state index >= 15 is 0 Å². The van der Waals surface area contributed by atoms with E-state index in [4.69, 9.17) is 9.47 Å². The van der Waals surface area contributed by atoms with Crippen LogP contribution in [0.1, 0.15) is 21.5 Å². The van der Waals surface area contributed by atoms with Gasteiger partial charge in [-0.1, -0.05) is 52.3 Å². The van der Waals surface area contributed by atoms with Crippen molar-refractivity contribution < 1.29 is 14.3 Å². The molecule has 0 N–H and O–H groups in total. The number of ether oxygens (including phenoxy) is 2. The van der Waals surface area contributed by atoms with E-state index < -0.39 is 0 Å². The summed E-state index contributed by atoms with van der Waals surface area (Å²) in [4.78, 5) is 12.3. The second-order valence-electron chi connectivity index (χ2n) is 5.53. The van der Waals surface area contributed by atoms with Crippen molar-refractivity contribution in [2.45, 2.75) is 13.5 Å². The van der Waals surface area contributed by atoms with E-state index in [-0.39, 0.29) is 5.97 Å². The summed E-state index contributed by atoms with van der Waals surface area (Å²) in [6.45, 7) is 2.28. The number of methoxy groups -OCH3 is 1. The largest absolute Gasteiger partial charge is 0.487 e. The van der Waals surface area contributed by atoms with Gasteiger partial charge in [-0.05, 0) is 41.6 Å². The van der Waals surface area contributed by atoms with Gasteiger partial charge in [-0.25, -0.2) is 4.79 Å². The Morgan fingerprint density at radius 3 is 2.54 bits per heavy atom. The van der Waals surface area contributed by atoms with Crippen molar-refractivity contribution in [3.05, 3.63) is 75.8 Å². The molecule has 0 fully saturated rings. The third-order valence-electron chi connectivity index (χ3n) is 3.87. The monoisotopic (exact) mass is 384 g/mol. The number of esters is 1. The number of carbonyl (C=O) groups is 1. The molecular formula is C20H17BrO3. The van der Waals surface area contributed by atoms with Gasteiger partial charge in [0, 0.05) is 9.86 Å². The summed E-state index contributed by atoms with van der Waals surface area (Å²) in [5, 5.41) is 1.90. The maximum Gasteiger partial charge on any atom is 0.341 e. The number of fused-ring (bicyclic) bond motifs is 1. The topological polar surface area (TPSA) is 35.5 Å². The maximum atomic E-state index is 12.3. The number of halogens is 1. The van der Waals surface area contributed by atoms with Crippen LogP contribution in [0.25, 0.3) is 10.8 Å². The van der Waals surface area contributed by atoms with Crippen molar-refractivity contribution in [1.29, 1.82) is 0 Å². The van der Waals surface area contributed by atoms with Crippen molar-refractivity contribution in [3.8, 4) is 5.75 Å². The molecule has 3 rings (SSSR count). The van der Waals surface area contributed by atoms with Gasteiger partial charge in [0.05, 0.1) is 7.11 Å². The zero-order valence-electron chi connectivity index (χ0n) is 13.5. The van der Waals surface area contributed by atoms with Crippen molar-refractivity contribution in [1.82, 2.24) is 0 Å². The second kappa shape index (κ2) is 7.05. The zero-order chi connectivity index (χ0) is 17.1. The Morgan fingerprint density at radius 2 is 1.83 bits per heavy atom. The summed E-state index contributed by atoms with van der Waals surface area (Å²) in [6.07, 6.45) is 0. The molecule has 24 heavy (non-hydrogen) atoms. The van der Waals surface area contributed by atoms with Crippen molar-refractivity contribution in [2.75, 3.05) is 7.11 Å². The molecule has 3 aromatic carbocycles. The lowest BCUT2D eigenvalue weighted by atomic mass is 10.00. The predicted molar refractivity (Wildman–Crippen MR) is 98.5 cm³/mol. The molecule has 4 heteroatoms. The lowest BCUT2D eigenvalue weighted by molar-refractivity contribution is 0.0595. The number of aryl methyl sites for hydroxylation is 1. The van der Waals surface area contributed by atoms with Crippen LogP contribution in [0.4, 0.5) is 0 Å². The summed E-state index contributed by atoms with van der Waals surface area (Å²) >= 11 is 3.49. The van der Waals surface area contributed by atoms with Crippen LogP contribution in [0.3, 0.4) is 0 Å². The first-order valence-electron chi connectivity index (χ1n) is 7.58. The van der Waals surface area contributed by atoms with Gasteiger partial charge in [0.25, 0.3) is 0 Å². The summed E-state index contributed by atoms with van der Waals surface area (Å²) < 4.78 is 12.0. The maximum absolute atomic E-state index is 12.3. The molecule has 122 valence electrons. The van der Waals surface area contributed by atoms with E-state index in [1.807, 2.05) is 61.5 Å². The molecule has 0 aromatic heterocycles. The van der Waals surface area contributed by atoms with Gasteiger partial charge in [-0.3, -0.25) is 0 Å². The van der Waals surface area contributed by atoms with Crippen LogP contribution in [0.5, 0.6) is 5.75 Å². The van der Waals surface area contributed by atoms with Crippen molar-refractivity contribution in [3.63, 3.8) is 0 Å². The van der Waals surface area contributed by atoms with Crippen LogP contribution in [-0.4, -0.2) is 13.1 Å². The smallest absolute Gasteiger partial charge is 0.341 e. The fourth-order valence-corrected chi connectivity index (χ4v) is 3.09. The molecule has 3 nitrogen and oxygen atoms in total. The van der Waals surface area contributed by atoms with E-state index in [0.29, 0.717) is 17.9 Å². The number of carbonyl (C=O) groups excluding carboxylic acids is 1. The van der Waals surface area contributed by atoms with Crippen LogP contribution in [0.15, 0.2) is 59.1 Å². The quantitative estimate of drug-likeness (QED) is 0.574. The van der Waals surface area contributed by atoms with Gasteiger partial charge < -0.3 is 9.47 Å². The molecule has 0 heterocycles. The summed E-state index contributed by atoms with van der Waals surface area (Å²) in [5.41, 5.74) is 2.35. The van der Waals surface area contributed by atoms with E-state index in [1.54, 1.807) is 0 Å².